The number of nitrogens with zero attached hydrogens (tertiary/aromatic N) is 2. The van der Waals surface area contributed by atoms with Crippen molar-refractivity contribution in [2.24, 2.45) is 5.92 Å². The van der Waals surface area contributed by atoms with Crippen LogP contribution in [0.1, 0.15) is 37.3 Å². The lowest BCUT2D eigenvalue weighted by Crippen LogP contribution is -2.51. The number of rotatable bonds is 5. The summed E-state index contributed by atoms with van der Waals surface area (Å²) in [5.74, 6) is -0.476. The molecule has 2 saturated heterocycles. The number of hydrogen-bond donors (Lipinski definition) is 2. The van der Waals surface area contributed by atoms with E-state index in [4.69, 9.17) is 5.11 Å². The van der Waals surface area contributed by atoms with Gasteiger partial charge in [0, 0.05) is 25.7 Å². The van der Waals surface area contributed by atoms with Crippen LogP contribution in [0.25, 0.3) is 0 Å². The van der Waals surface area contributed by atoms with E-state index in [2.05, 4.69) is 5.32 Å². The summed E-state index contributed by atoms with van der Waals surface area (Å²) in [6.45, 7) is 1.06. The maximum Gasteiger partial charge on any atom is 0.404 e. The molecular weight excluding hydrogens is 442 g/mol. The summed E-state index contributed by atoms with van der Waals surface area (Å²) in [5, 5.41) is 11.4. The largest absolute Gasteiger partial charge is 0.465 e. The molecule has 2 aliphatic rings. The van der Waals surface area contributed by atoms with Crippen molar-refractivity contribution in [3.8, 4) is 0 Å². The monoisotopic (exact) mass is 471 g/mol. The highest BCUT2D eigenvalue weighted by molar-refractivity contribution is 7.89. The van der Waals surface area contributed by atoms with Gasteiger partial charge in [-0.25, -0.2) is 13.2 Å². The Bertz CT molecular complexity index is 1070. The van der Waals surface area contributed by atoms with Crippen LogP contribution in [-0.4, -0.2) is 60.4 Å². The van der Waals surface area contributed by atoms with Crippen molar-refractivity contribution >= 4 is 22.0 Å². The van der Waals surface area contributed by atoms with Gasteiger partial charge in [0.15, 0.2) is 0 Å². The lowest BCUT2D eigenvalue weighted by atomic mass is 9.89. The van der Waals surface area contributed by atoms with Gasteiger partial charge in [-0.05, 0) is 43.4 Å². The molecule has 2 aromatic rings. The van der Waals surface area contributed by atoms with E-state index in [-0.39, 0.29) is 29.4 Å². The van der Waals surface area contributed by atoms with Crippen LogP contribution in [0.15, 0.2) is 65.6 Å². The Morgan fingerprint density at radius 2 is 1.48 bits per heavy atom. The van der Waals surface area contributed by atoms with E-state index in [1.807, 2.05) is 30.3 Å². The molecule has 9 heteroatoms. The lowest BCUT2D eigenvalue weighted by molar-refractivity contribution is -0.138. The summed E-state index contributed by atoms with van der Waals surface area (Å²) >= 11 is 0. The fraction of sp³-hybridized carbons (Fsp3) is 0.417. The molecule has 0 saturated carbocycles. The molecule has 0 aromatic heterocycles. The number of hydrogen-bond acceptors (Lipinski definition) is 4. The quantitative estimate of drug-likeness (QED) is 0.697. The number of benzene rings is 2. The Hall–Kier alpha value is -2.91. The smallest absolute Gasteiger partial charge is 0.404 e. The van der Waals surface area contributed by atoms with Gasteiger partial charge in [-0.3, -0.25) is 4.79 Å². The molecule has 2 amide bonds. The van der Waals surface area contributed by atoms with Crippen LogP contribution >= 0.6 is 0 Å². The third-order valence-corrected chi connectivity index (χ3v) is 8.44. The summed E-state index contributed by atoms with van der Waals surface area (Å²) in [6.07, 6.45) is 1.23. The van der Waals surface area contributed by atoms with E-state index in [0.29, 0.717) is 38.8 Å². The van der Waals surface area contributed by atoms with E-state index in [9.17, 15) is 18.0 Å². The Labute approximate surface area is 194 Å². The van der Waals surface area contributed by atoms with Gasteiger partial charge < -0.3 is 15.3 Å². The number of amides is 2. The highest BCUT2D eigenvalue weighted by Crippen LogP contribution is 2.38. The molecule has 8 nitrogen and oxygen atoms in total. The number of sulfonamides is 1. The molecule has 0 spiro atoms. The number of nitrogens with one attached hydrogen (secondary N) is 1. The maximum atomic E-state index is 13.6. The normalized spacial score (nSPS) is 22.6. The molecule has 2 aromatic carbocycles. The SMILES string of the molecule is O=C(O)NC1CCN(C(=O)[C@@H]2CC[C@H](c3ccccc3)N(S(=O)(=O)c3ccccc3)C2)CC1. The Morgan fingerprint density at radius 1 is 0.879 bits per heavy atom. The van der Waals surface area contributed by atoms with Crippen LogP contribution in [0.2, 0.25) is 0 Å². The number of carbonyl (C=O) groups is 2. The summed E-state index contributed by atoms with van der Waals surface area (Å²) in [4.78, 5) is 26.1. The molecule has 2 aliphatic heterocycles. The van der Waals surface area contributed by atoms with Gasteiger partial charge >= 0.3 is 6.09 Å². The molecule has 0 unspecified atom stereocenters. The summed E-state index contributed by atoms with van der Waals surface area (Å²) in [7, 11) is -3.79. The summed E-state index contributed by atoms with van der Waals surface area (Å²) in [6, 6.07) is 17.4. The number of piperidine rings is 2. The maximum absolute atomic E-state index is 13.6. The minimum absolute atomic E-state index is 0.0523. The average Bonchev–Trinajstić information content (AvgIpc) is 2.84. The Balaban J connectivity index is 1.54. The van der Waals surface area contributed by atoms with Crippen molar-refractivity contribution in [2.75, 3.05) is 19.6 Å². The minimum atomic E-state index is -3.79. The van der Waals surface area contributed by atoms with Crippen LogP contribution in [0, 0.1) is 5.92 Å². The number of carbonyl (C=O) groups excluding carboxylic acids is 1. The second kappa shape index (κ2) is 9.93. The molecule has 0 aliphatic carbocycles. The van der Waals surface area contributed by atoms with E-state index in [0.717, 1.165) is 5.56 Å². The van der Waals surface area contributed by atoms with Crippen molar-refractivity contribution in [3.63, 3.8) is 0 Å². The molecule has 0 radical (unpaired) electrons. The third-order valence-electron chi connectivity index (χ3n) is 6.55. The zero-order valence-electron chi connectivity index (χ0n) is 18.3. The van der Waals surface area contributed by atoms with Crippen LogP contribution in [0.4, 0.5) is 4.79 Å². The van der Waals surface area contributed by atoms with Crippen LogP contribution in [-0.2, 0) is 14.8 Å². The van der Waals surface area contributed by atoms with Crippen molar-refractivity contribution in [1.82, 2.24) is 14.5 Å². The minimum Gasteiger partial charge on any atom is -0.465 e. The molecule has 4 rings (SSSR count). The fourth-order valence-corrected chi connectivity index (χ4v) is 6.53. The second-order valence-electron chi connectivity index (χ2n) is 8.64. The van der Waals surface area contributed by atoms with Crippen molar-refractivity contribution < 1.29 is 23.1 Å². The highest BCUT2D eigenvalue weighted by Gasteiger charge is 2.41. The predicted molar refractivity (Wildman–Crippen MR) is 123 cm³/mol. The Kier molecular flexibility index (Phi) is 6.99. The van der Waals surface area contributed by atoms with Crippen molar-refractivity contribution in [1.29, 1.82) is 0 Å². The molecule has 2 N–H and O–H groups in total. The van der Waals surface area contributed by atoms with Gasteiger partial charge in [-0.15, -0.1) is 0 Å². The molecule has 2 heterocycles. The molecule has 2 fully saturated rings. The molecular formula is C24H29N3O5S. The van der Waals surface area contributed by atoms with E-state index >= 15 is 0 Å². The van der Waals surface area contributed by atoms with Crippen molar-refractivity contribution in [3.05, 3.63) is 66.2 Å². The number of likely N-dealkylation sites (tertiary alicyclic amines) is 1. The van der Waals surface area contributed by atoms with Gasteiger partial charge in [0.1, 0.15) is 0 Å². The van der Waals surface area contributed by atoms with E-state index in [1.165, 1.54) is 4.31 Å². The van der Waals surface area contributed by atoms with E-state index < -0.39 is 22.0 Å². The predicted octanol–water partition coefficient (Wildman–Crippen LogP) is 3.09. The molecule has 0 bridgehead atoms. The lowest BCUT2D eigenvalue weighted by Gasteiger charge is -2.41. The van der Waals surface area contributed by atoms with Gasteiger partial charge in [-0.2, -0.15) is 4.31 Å². The van der Waals surface area contributed by atoms with Gasteiger partial charge in [0.05, 0.1) is 16.9 Å². The second-order valence-corrected chi connectivity index (χ2v) is 10.5. The first-order valence-corrected chi connectivity index (χ1v) is 12.7. The summed E-state index contributed by atoms with van der Waals surface area (Å²) in [5.41, 5.74) is 0.920. The highest BCUT2D eigenvalue weighted by atomic mass is 32.2. The van der Waals surface area contributed by atoms with Crippen LogP contribution < -0.4 is 5.32 Å². The average molecular weight is 472 g/mol. The molecule has 176 valence electrons. The van der Waals surface area contributed by atoms with Gasteiger partial charge in [-0.1, -0.05) is 48.5 Å². The number of carboxylic acid groups (broad SMARTS) is 1. The zero-order chi connectivity index (χ0) is 23.4. The van der Waals surface area contributed by atoms with Crippen LogP contribution in [0.5, 0.6) is 0 Å². The Morgan fingerprint density at radius 3 is 2.09 bits per heavy atom. The standard InChI is InChI=1S/C24H29N3O5S/c28-23(26-15-13-20(14-16-26)25-24(29)30)19-11-12-22(18-7-3-1-4-8-18)27(17-19)33(31,32)21-9-5-2-6-10-21/h1-10,19-20,22,25H,11-17H2,(H,29,30)/t19-,22-/m1/s1. The first kappa shape index (κ1) is 23.3. The zero-order valence-corrected chi connectivity index (χ0v) is 19.2. The topological polar surface area (TPSA) is 107 Å². The van der Waals surface area contributed by atoms with Crippen LogP contribution in [0.3, 0.4) is 0 Å². The fourth-order valence-electron chi connectivity index (χ4n) is 4.82. The van der Waals surface area contributed by atoms with E-state index in [1.54, 1.807) is 35.2 Å². The molecule has 33 heavy (non-hydrogen) atoms. The van der Waals surface area contributed by atoms with Gasteiger partial charge in [0.25, 0.3) is 0 Å². The molecule has 2 atom stereocenters. The summed E-state index contributed by atoms with van der Waals surface area (Å²) < 4.78 is 28.7. The first-order chi connectivity index (χ1) is 15.9. The van der Waals surface area contributed by atoms with Gasteiger partial charge in [0.2, 0.25) is 15.9 Å². The first-order valence-electron chi connectivity index (χ1n) is 11.3. The third kappa shape index (κ3) is 5.20. The van der Waals surface area contributed by atoms with Crippen molar-refractivity contribution in [2.45, 2.75) is 42.7 Å².